The summed E-state index contributed by atoms with van der Waals surface area (Å²) in [5.74, 6) is 0.457. The zero-order valence-electron chi connectivity index (χ0n) is 10.8. The molecule has 2 N–H and O–H groups in total. The van der Waals surface area contributed by atoms with Gasteiger partial charge in [0.25, 0.3) is 0 Å². The molecule has 0 spiro atoms. The van der Waals surface area contributed by atoms with Crippen molar-refractivity contribution in [3.63, 3.8) is 0 Å². The van der Waals surface area contributed by atoms with Gasteiger partial charge < -0.3 is 4.74 Å². The number of hydrogen-bond acceptors (Lipinski definition) is 4. The molecule has 2 rings (SSSR count). The van der Waals surface area contributed by atoms with Crippen LogP contribution in [-0.2, 0) is 10.0 Å². The van der Waals surface area contributed by atoms with E-state index in [0.29, 0.717) is 48.5 Å². The highest BCUT2D eigenvalue weighted by Gasteiger charge is 2.30. The van der Waals surface area contributed by atoms with Crippen molar-refractivity contribution in [2.24, 2.45) is 5.14 Å². The van der Waals surface area contributed by atoms with Crippen LogP contribution >= 0.6 is 23.2 Å². The summed E-state index contributed by atoms with van der Waals surface area (Å²) in [7, 11) is -3.45. The van der Waals surface area contributed by atoms with Gasteiger partial charge in [-0.1, -0.05) is 29.3 Å². The van der Waals surface area contributed by atoms with Crippen LogP contribution in [0.2, 0.25) is 10.0 Å². The number of primary sulfonamides is 1. The van der Waals surface area contributed by atoms with Crippen molar-refractivity contribution in [3.05, 3.63) is 28.2 Å². The zero-order chi connectivity index (χ0) is 14.8. The maximum Gasteiger partial charge on any atom is 0.213 e. The number of nitrogens with zero attached hydrogens (tertiary/aromatic N) is 1. The average Bonchev–Trinajstić information content (AvgIpc) is 2.81. The second-order valence-corrected chi connectivity index (χ2v) is 7.36. The van der Waals surface area contributed by atoms with E-state index < -0.39 is 15.3 Å². The maximum atomic E-state index is 11.2. The van der Waals surface area contributed by atoms with Crippen molar-refractivity contribution in [2.45, 2.75) is 11.7 Å². The largest absolute Gasteiger partial charge is 0.489 e. The maximum absolute atomic E-state index is 11.2. The summed E-state index contributed by atoms with van der Waals surface area (Å²) in [6.45, 7) is 2.13. The smallest absolute Gasteiger partial charge is 0.213 e. The molecule has 1 unspecified atom stereocenters. The fourth-order valence-corrected chi connectivity index (χ4v) is 3.52. The van der Waals surface area contributed by atoms with Gasteiger partial charge in [-0.25, -0.2) is 13.6 Å². The van der Waals surface area contributed by atoms with Gasteiger partial charge in [-0.2, -0.15) is 0 Å². The number of halogens is 2. The summed E-state index contributed by atoms with van der Waals surface area (Å²) in [5, 5.41) is 5.58. The lowest BCUT2D eigenvalue weighted by molar-refractivity contribution is 0.238. The summed E-state index contributed by atoms with van der Waals surface area (Å²) >= 11 is 12.0. The van der Waals surface area contributed by atoms with Crippen LogP contribution in [-0.4, -0.2) is 44.8 Å². The molecule has 20 heavy (non-hydrogen) atoms. The zero-order valence-corrected chi connectivity index (χ0v) is 13.1. The average molecular weight is 339 g/mol. The van der Waals surface area contributed by atoms with Crippen molar-refractivity contribution in [3.8, 4) is 5.75 Å². The molecule has 0 saturated carbocycles. The summed E-state index contributed by atoms with van der Waals surface area (Å²) in [4.78, 5) is 2.00. The van der Waals surface area contributed by atoms with Gasteiger partial charge in [0.05, 0.1) is 15.3 Å². The van der Waals surface area contributed by atoms with Crippen molar-refractivity contribution in [1.29, 1.82) is 0 Å². The second kappa shape index (κ2) is 6.49. The molecule has 8 heteroatoms. The van der Waals surface area contributed by atoms with Crippen molar-refractivity contribution in [1.82, 2.24) is 4.90 Å². The van der Waals surface area contributed by atoms with E-state index in [1.54, 1.807) is 18.2 Å². The molecule has 5 nitrogen and oxygen atoms in total. The number of benzene rings is 1. The molecule has 1 heterocycles. The van der Waals surface area contributed by atoms with Crippen LogP contribution in [0.25, 0.3) is 0 Å². The molecule has 1 atom stereocenters. The molecular weight excluding hydrogens is 323 g/mol. The van der Waals surface area contributed by atoms with Crippen LogP contribution in [0.15, 0.2) is 18.2 Å². The van der Waals surface area contributed by atoms with Gasteiger partial charge in [0.2, 0.25) is 10.0 Å². The highest BCUT2D eigenvalue weighted by atomic mass is 35.5. The van der Waals surface area contributed by atoms with Gasteiger partial charge in [-0.3, -0.25) is 4.90 Å². The molecule has 1 aromatic carbocycles. The Hall–Kier alpha value is -0.530. The lowest BCUT2D eigenvalue weighted by atomic mass is 10.3. The topological polar surface area (TPSA) is 72.6 Å². The van der Waals surface area contributed by atoms with E-state index in [9.17, 15) is 8.42 Å². The predicted octanol–water partition coefficient (Wildman–Crippen LogP) is 1.74. The van der Waals surface area contributed by atoms with Crippen LogP contribution in [0.3, 0.4) is 0 Å². The minimum atomic E-state index is -3.45. The second-order valence-electron chi connectivity index (χ2n) is 4.70. The molecule has 0 radical (unpaired) electrons. The Morgan fingerprint density at radius 2 is 2.00 bits per heavy atom. The first-order chi connectivity index (χ1) is 9.38. The molecule has 1 saturated heterocycles. The van der Waals surface area contributed by atoms with Crippen LogP contribution in [0.4, 0.5) is 0 Å². The minimum Gasteiger partial charge on any atom is -0.489 e. The fraction of sp³-hybridized carbons (Fsp3) is 0.500. The monoisotopic (exact) mass is 338 g/mol. The van der Waals surface area contributed by atoms with E-state index in [1.165, 1.54) is 0 Å². The predicted molar refractivity (Wildman–Crippen MR) is 79.9 cm³/mol. The first-order valence-corrected chi connectivity index (χ1v) is 8.55. The normalized spacial score (nSPS) is 20.2. The first-order valence-electron chi connectivity index (χ1n) is 6.18. The third kappa shape index (κ3) is 3.99. The van der Waals surface area contributed by atoms with E-state index in [-0.39, 0.29) is 0 Å². The highest BCUT2D eigenvalue weighted by Crippen LogP contribution is 2.32. The quantitative estimate of drug-likeness (QED) is 0.887. The fourth-order valence-electron chi connectivity index (χ4n) is 2.17. The Morgan fingerprint density at radius 3 is 2.55 bits per heavy atom. The Bertz CT molecular complexity index is 560. The van der Waals surface area contributed by atoms with E-state index in [2.05, 4.69) is 0 Å². The molecule has 1 aromatic rings. The molecule has 0 aromatic heterocycles. The summed E-state index contributed by atoms with van der Waals surface area (Å²) < 4.78 is 28.1. The van der Waals surface area contributed by atoms with E-state index in [0.717, 1.165) is 0 Å². The summed E-state index contributed by atoms with van der Waals surface area (Å²) in [6, 6.07) is 5.15. The molecular formula is C12H16Cl2N2O3S. The van der Waals surface area contributed by atoms with Crippen LogP contribution in [0, 0.1) is 0 Å². The Labute approximate surface area is 128 Å². The number of sulfonamides is 1. The number of likely N-dealkylation sites (tertiary alicyclic amines) is 1. The van der Waals surface area contributed by atoms with Crippen molar-refractivity contribution >= 4 is 33.2 Å². The lowest BCUT2D eigenvalue weighted by Crippen LogP contribution is -2.33. The van der Waals surface area contributed by atoms with Gasteiger partial charge >= 0.3 is 0 Å². The minimum absolute atomic E-state index is 0.390. The Kier molecular flexibility index (Phi) is 5.14. The van der Waals surface area contributed by atoms with Crippen LogP contribution in [0.1, 0.15) is 6.42 Å². The number of nitrogens with two attached hydrogens (primary N) is 1. The van der Waals surface area contributed by atoms with Gasteiger partial charge in [0.15, 0.2) is 5.75 Å². The molecule has 0 bridgehead atoms. The van der Waals surface area contributed by atoms with Gasteiger partial charge in [-0.05, 0) is 25.1 Å². The van der Waals surface area contributed by atoms with Crippen LogP contribution < -0.4 is 9.88 Å². The number of hydrogen-bond donors (Lipinski definition) is 1. The van der Waals surface area contributed by atoms with E-state index in [1.807, 2.05) is 4.90 Å². The van der Waals surface area contributed by atoms with Gasteiger partial charge in [-0.15, -0.1) is 0 Å². The number of ether oxygens (including phenoxy) is 1. The molecule has 1 fully saturated rings. The molecule has 1 aliphatic heterocycles. The van der Waals surface area contributed by atoms with Gasteiger partial charge in [0, 0.05) is 13.1 Å². The SMILES string of the molecule is NS(=O)(=O)C1CCN(CCOc2c(Cl)cccc2Cl)C1. The molecule has 0 amide bonds. The standard InChI is InChI=1S/C12H16Cl2N2O3S/c13-10-2-1-3-11(14)12(10)19-7-6-16-5-4-9(8-16)20(15,17)18/h1-3,9H,4-8H2,(H2,15,17,18). The van der Waals surface area contributed by atoms with Crippen molar-refractivity contribution < 1.29 is 13.2 Å². The number of rotatable bonds is 5. The van der Waals surface area contributed by atoms with E-state index >= 15 is 0 Å². The first kappa shape index (κ1) is 15.9. The molecule has 1 aliphatic rings. The van der Waals surface area contributed by atoms with Crippen LogP contribution in [0.5, 0.6) is 5.75 Å². The number of para-hydroxylation sites is 1. The van der Waals surface area contributed by atoms with Gasteiger partial charge in [0.1, 0.15) is 6.61 Å². The summed E-state index contributed by atoms with van der Waals surface area (Å²) in [5.41, 5.74) is 0. The lowest BCUT2D eigenvalue weighted by Gasteiger charge is -2.16. The molecule has 112 valence electrons. The summed E-state index contributed by atoms with van der Waals surface area (Å²) in [6.07, 6.45) is 0.561. The third-order valence-corrected chi connectivity index (χ3v) is 5.18. The van der Waals surface area contributed by atoms with Crippen molar-refractivity contribution in [2.75, 3.05) is 26.2 Å². The van der Waals surface area contributed by atoms with E-state index in [4.69, 9.17) is 33.1 Å². The highest BCUT2D eigenvalue weighted by molar-refractivity contribution is 7.89. The Balaban J connectivity index is 1.83. The molecule has 0 aliphatic carbocycles. The Morgan fingerprint density at radius 1 is 1.35 bits per heavy atom. The third-order valence-electron chi connectivity index (χ3n) is 3.27.